The second-order valence-electron chi connectivity index (χ2n) is 7.02. The van der Waals surface area contributed by atoms with Crippen LogP contribution in [0.3, 0.4) is 0 Å². The lowest BCUT2D eigenvalue weighted by molar-refractivity contribution is -0.130. The molecule has 0 amide bonds. The minimum atomic E-state index is -1.05. The molecule has 0 aliphatic heterocycles. The molecular weight excluding hydrogens is 370 g/mol. The fourth-order valence-corrected chi connectivity index (χ4v) is 2.86. The lowest BCUT2D eigenvalue weighted by Gasteiger charge is -2.13. The molecule has 1 fully saturated rings. The van der Waals surface area contributed by atoms with Gasteiger partial charge in [-0.1, -0.05) is 29.4 Å². The van der Waals surface area contributed by atoms with Crippen molar-refractivity contribution < 1.29 is 24.2 Å². The quantitative estimate of drug-likeness (QED) is 0.279. The Kier molecular flexibility index (Phi) is 6.89. The molecule has 0 atom stereocenters. The summed E-state index contributed by atoms with van der Waals surface area (Å²) in [6.07, 6.45) is 5.40. The van der Waals surface area contributed by atoms with Crippen LogP contribution in [0.15, 0.2) is 53.9 Å². The highest BCUT2D eigenvalue weighted by Crippen LogP contribution is 2.29. The first-order chi connectivity index (χ1) is 14.1. The van der Waals surface area contributed by atoms with Gasteiger partial charge >= 0.3 is 5.97 Å². The van der Waals surface area contributed by atoms with Crippen molar-refractivity contribution >= 4 is 17.8 Å². The lowest BCUT2D eigenvalue weighted by Crippen LogP contribution is -2.06. The van der Waals surface area contributed by atoms with Gasteiger partial charge in [-0.15, -0.1) is 0 Å². The maximum absolute atomic E-state index is 11.5. The summed E-state index contributed by atoms with van der Waals surface area (Å²) in [5, 5.41) is 13.5. The molecule has 0 heterocycles. The van der Waals surface area contributed by atoms with Crippen LogP contribution in [0.25, 0.3) is 5.57 Å². The number of benzene rings is 2. The summed E-state index contributed by atoms with van der Waals surface area (Å²) in [7, 11) is 1.42. The number of aliphatic carboxylic acids is 1. The topological polar surface area (TPSA) is 77.4 Å². The standard InChI is InChI=1S/C23H25NO5/c1-16-11-18(12-24-29-13-17-7-8-17)9-10-22(16)28-14-19-5-3-4-6-20(19)21(15-27-2)23(25)26/h3-6,9-12,15,17H,7-8,13-14H2,1-2H3,(H,25,26). The molecule has 0 unspecified atom stereocenters. The van der Waals surface area contributed by atoms with Crippen LogP contribution in [0.2, 0.25) is 0 Å². The number of methoxy groups -OCH3 is 1. The second kappa shape index (κ2) is 9.78. The molecule has 1 aliphatic carbocycles. The number of aryl methyl sites for hydroxylation is 1. The van der Waals surface area contributed by atoms with Gasteiger partial charge in [-0.2, -0.15) is 0 Å². The average Bonchev–Trinajstić information content (AvgIpc) is 3.53. The van der Waals surface area contributed by atoms with E-state index in [1.54, 1.807) is 18.3 Å². The van der Waals surface area contributed by atoms with Gasteiger partial charge in [-0.25, -0.2) is 4.79 Å². The molecular formula is C23H25NO5. The first-order valence-electron chi connectivity index (χ1n) is 9.51. The van der Waals surface area contributed by atoms with Crippen LogP contribution in [0, 0.1) is 12.8 Å². The molecule has 2 aromatic rings. The SMILES string of the molecule is COC=C(C(=O)O)c1ccccc1COc1ccc(C=NOCC2CC2)cc1C. The molecule has 0 bridgehead atoms. The van der Waals surface area contributed by atoms with Crippen LogP contribution in [-0.2, 0) is 21.0 Å². The molecule has 1 aliphatic rings. The highest BCUT2D eigenvalue weighted by atomic mass is 16.6. The number of ether oxygens (including phenoxy) is 2. The van der Waals surface area contributed by atoms with Gasteiger partial charge in [0, 0.05) is 0 Å². The third-order valence-corrected chi connectivity index (χ3v) is 4.64. The van der Waals surface area contributed by atoms with Gasteiger partial charge < -0.3 is 19.4 Å². The minimum Gasteiger partial charge on any atom is -0.503 e. The highest BCUT2D eigenvalue weighted by molar-refractivity contribution is 6.15. The Balaban J connectivity index is 1.67. The van der Waals surface area contributed by atoms with Crippen LogP contribution in [0.5, 0.6) is 5.75 Å². The van der Waals surface area contributed by atoms with Crippen molar-refractivity contribution in [3.63, 3.8) is 0 Å². The van der Waals surface area contributed by atoms with E-state index in [0.717, 1.165) is 22.4 Å². The molecule has 3 rings (SSSR count). The van der Waals surface area contributed by atoms with Crippen LogP contribution in [-0.4, -0.2) is 31.0 Å². The number of carbonyl (C=O) groups is 1. The van der Waals surface area contributed by atoms with E-state index in [0.29, 0.717) is 18.1 Å². The number of nitrogens with zero attached hydrogens (tertiary/aromatic N) is 1. The Morgan fingerprint density at radius 3 is 2.72 bits per heavy atom. The summed E-state index contributed by atoms with van der Waals surface area (Å²) in [5.41, 5.74) is 3.30. The fraction of sp³-hybridized carbons (Fsp3) is 0.304. The number of hydrogen-bond acceptors (Lipinski definition) is 5. The van der Waals surface area contributed by atoms with Gasteiger partial charge in [-0.05, 0) is 66.1 Å². The van der Waals surface area contributed by atoms with Gasteiger partial charge in [-0.3, -0.25) is 0 Å². The van der Waals surface area contributed by atoms with E-state index in [4.69, 9.17) is 14.3 Å². The smallest absolute Gasteiger partial charge is 0.339 e. The molecule has 0 saturated heterocycles. The van der Waals surface area contributed by atoms with Crippen molar-refractivity contribution in [1.29, 1.82) is 0 Å². The van der Waals surface area contributed by atoms with Gasteiger partial charge in [0.1, 0.15) is 24.5 Å². The fourth-order valence-electron chi connectivity index (χ4n) is 2.86. The summed E-state index contributed by atoms with van der Waals surface area (Å²) in [6.45, 7) is 2.88. The highest BCUT2D eigenvalue weighted by Gasteiger charge is 2.21. The van der Waals surface area contributed by atoms with Crippen LogP contribution < -0.4 is 4.74 Å². The molecule has 0 radical (unpaired) electrons. The minimum absolute atomic E-state index is 0.0844. The van der Waals surface area contributed by atoms with Gasteiger partial charge in [0.25, 0.3) is 0 Å². The summed E-state index contributed by atoms with van der Waals surface area (Å²) >= 11 is 0. The molecule has 6 nitrogen and oxygen atoms in total. The Labute approximate surface area is 170 Å². The van der Waals surface area contributed by atoms with Gasteiger partial charge in [0.05, 0.1) is 19.6 Å². The Morgan fingerprint density at radius 2 is 2.03 bits per heavy atom. The van der Waals surface area contributed by atoms with Crippen LogP contribution in [0.1, 0.15) is 35.1 Å². The molecule has 1 saturated carbocycles. The largest absolute Gasteiger partial charge is 0.503 e. The van der Waals surface area contributed by atoms with E-state index in [1.165, 1.54) is 26.2 Å². The third kappa shape index (κ3) is 5.85. The van der Waals surface area contributed by atoms with Crippen molar-refractivity contribution in [2.75, 3.05) is 13.7 Å². The molecule has 6 heteroatoms. The number of carboxylic acids is 1. The summed E-state index contributed by atoms with van der Waals surface area (Å²) in [4.78, 5) is 16.8. The molecule has 1 N–H and O–H groups in total. The van der Waals surface area contributed by atoms with Crippen LogP contribution >= 0.6 is 0 Å². The van der Waals surface area contributed by atoms with Gasteiger partial charge in [0.2, 0.25) is 0 Å². The Hall–Kier alpha value is -3.28. The van der Waals surface area contributed by atoms with Crippen molar-refractivity contribution in [3.05, 3.63) is 71.0 Å². The molecule has 0 aromatic heterocycles. The lowest BCUT2D eigenvalue weighted by atomic mass is 10.0. The monoisotopic (exact) mass is 395 g/mol. The molecule has 0 spiro atoms. The number of carboxylic acid groups (broad SMARTS) is 1. The predicted molar refractivity (Wildman–Crippen MR) is 111 cm³/mol. The summed E-state index contributed by atoms with van der Waals surface area (Å²) in [6, 6.07) is 13.0. The number of hydrogen-bond donors (Lipinski definition) is 1. The first kappa shape index (κ1) is 20.5. The Morgan fingerprint density at radius 1 is 1.24 bits per heavy atom. The van der Waals surface area contributed by atoms with Crippen molar-refractivity contribution in [3.8, 4) is 5.75 Å². The molecule has 2 aromatic carbocycles. The van der Waals surface area contributed by atoms with E-state index < -0.39 is 5.97 Å². The molecule has 152 valence electrons. The zero-order valence-electron chi connectivity index (χ0n) is 16.6. The zero-order valence-corrected chi connectivity index (χ0v) is 16.6. The van der Waals surface area contributed by atoms with Crippen LogP contribution in [0.4, 0.5) is 0 Å². The molecule has 29 heavy (non-hydrogen) atoms. The first-order valence-corrected chi connectivity index (χ1v) is 9.51. The van der Waals surface area contributed by atoms with Crippen molar-refractivity contribution in [1.82, 2.24) is 0 Å². The average molecular weight is 395 g/mol. The number of oxime groups is 1. The van der Waals surface area contributed by atoms with E-state index in [-0.39, 0.29) is 12.2 Å². The number of rotatable bonds is 10. The van der Waals surface area contributed by atoms with Crippen molar-refractivity contribution in [2.45, 2.75) is 26.4 Å². The summed E-state index contributed by atoms with van der Waals surface area (Å²) in [5.74, 6) is 0.347. The predicted octanol–water partition coefficient (Wildman–Crippen LogP) is 4.41. The maximum Gasteiger partial charge on any atom is 0.339 e. The second-order valence-corrected chi connectivity index (χ2v) is 7.02. The van der Waals surface area contributed by atoms with E-state index in [9.17, 15) is 9.90 Å². The Bertz CT molecular complexity index is 915. The normalized spacial score (nSPS) is 14.1. The van der Waals surface area contributed by atoms with Crippen molar-refractivity contribution in [2.24, 2.45) is 11.1 Å². The van der Waals surface area contributed by atoms with Gasteiger partial charge in [0.15, 0.2) is 0 Å². The summed E-state index contributed by atoms with van der Waals surface area (Å²) < 4.78 is 10.9. The third-order valence-electron chi connectivity index (χ3n) is 4.64. The van der Waals surface area contributed by atoms with E-state index >= 15 is 0 Å². The van der Waals surface area contributed by atoms with E-state index in [1.807, 2.05) is 37.3 Å². The van der Waals surface area contributed by atoms with E-state index in [2.05, 4.69) is 5.16 Å². The maximum atomic E-state index is 11.5. The zero-order chi connectivity index (χ0) is 20.6.